The normalized spacial score (nSPS) is 9.40. The summed E-state index contributed by atoms with van der Waals surface area (Å²) >= 11 is 0. The van der Waals surface area contributed by atoms with Gasteiger partial charge in [-0.15, -0.1) is 0 Å². The van der Waals surface area contributed by atoms with Crippen LogP contribution in [0.3, 0.4) is 0 Å². The molecule has 1 rings (SSSR count). The summed E-state index contributed by atoms with van der Waals surface area (Å²) in [6.07, 6.45) is -0.0361. The Balaban J connectivity index is 0.000000423. The van der Waals surface area contributed by atoms with Gasteiger partial charge in [0.1, 0.15) is 5.82 Å². The lowest BCUT2D eigenvalue weighted by Gasteiger charge is -1.95. The number of carbonyl (C=O) groups excluding carboxylic acids is 1. The molecular formula is C11H15BFNO. The molecule has 1 aromatic rings. The molecule has 0 aromatic heterocycles. The van der Waals surface area contributed by atoms with Crippen LogP contribution in [0.4, 0.5) is 4.39 Å². The van der Waals surface area contributed by atoms with E-state index in [0.29, 0.717) is 5.56 Å². The van der Waals surface area contributed by atoms with Gasteiger partial charge in [-0.25, -0.2) is 4.39 Å². The first-order chi connectivity index (χ1) is 6.97. The van der Waals surface area contributed by atoms with Crippen molar-refractivity contribution in [3.05, 3.63) is 35.6 Å². The number of rotatable bonds is 2. The van der Waals surface area contributed by atoms with E-state index in [1.165, 1.54) is 24.3 Å². The third-order valence-electron chi connectivity index (χ3n) is 1.35. The molecule has 15 heavy (non-hydrogen) atoms. The molecule has 2 nitrogen and oxygen atoms in total. The first-order valence-corrected chi connectivity index (χ1v) is 4.57. The molecule has 0 aliphatic carbocycles. The molecule has 1 aromatic carbocycles. The Bertz CT molecular complexity index is 295. The van der Waals surface area contributed by atoms with Crippen LogP contribution in [0.25, 0.3) is 0 Å². The van der Waals surface area contributed by atoms with E-state index in [9.17, 15) is 9.18 Å². The highest BCUT2D eigenvalue weighted by molar-refractivity contribution is 6.23. The number of hydrogen-bond acceptors (Lipinski definition) is 2. The summed E-state index contributed by atoms with van der Waals surface area (Å²) in [6, 6.07) is 5.32. The van der Waals surface area contributed by atoms with Gasteiger partial charge in [0.25, 0.3) is 0 Å². The molecule has 0 saturated carbocycles. The molecule has 80 valence electrons. The Morgan fingerprint density at radius 3 is 2.00 bits per heavy atom. The van der Waals surface area contributed by atoms with Gasteiger partial charge in [0.15, 0.2) is 5.78 Å². The maximum Gasteiger partial charge on any atom is 0.154 e. The number of carbonyl (C=O) groups is 1. The van der Waals surface area contributed by atoms with E-state index >= 15 is 0 Å². The molecule has 0 atom stereocenters. The summed E-state index contributed by atoms with van der Waals surface area (Å²) in [5, 5.41) is 0. The molecule has 0 saturated heterocycles. The standard InChI is InChI=1S/C8H6BFO.C3H9N/c9-5-8(11)6-1-3-7(10)4-2-6;1-4(2)3/h1-4H,5H2;1-3H3. The Labute approximate surface area is 91.5 Å². The zero-order chi connectivity index (χ0) is 11.8. The molecule has 0 bridgehead atoms. The zero-order valence-electron chi connectivity index (χ0n) is 9.33. The van der Waals surface area contributed by atoms with Crippen molar-refractivity contribution in [1.29, 1.82) is 0 Å². The maximum atomic E-state index is 12.3. The molecular weight excluding hydrogens is 192 g/mol. The number of halogens is 1. The lowest BCUT2D eigenvalue weighted by Crippen LogP contribution is -1.99. The minimum Gasteiger partial charge on any atom is -0.312 e. The molecule has 0 aliphatic rings. The van der Waals surface area contributed by atoms with Gasteiger partial charge < -0.3 is 4.90 Å². The van der Waals surface area contributed by atoms with Crippen molar-refractivity contribution < 1.29 is 9.18 Å². The predicted octanol–water partition coefficient (Wildman–Crippen LogP) is 1.77. The Morgan fingerprint density at radius 2 is 1.67 bits per heavy atom. The average Bonchev–Trinajstić information content (AvgIpc) is 2.17. The first-order valence-electron chi connectivity index (χ1n) is 4.57. The minimum atomic E-state index is -0.349. The van der Waals surface area contributed by atoms with Crippen LogP contribution in [0, 0.1) is 5.82 Å². The fourth-order valence-electron chi connectivity index (χ4n) is 0.754. The van der Waals surface area contributed by atoms with Crippen molar-refractivity contribution in [2.75, 3.05) is 21.1 Å². The van der Waals surface area contributed by atoms with Gasteiger partial charge in [0.05, 0.1) is 7.85 Å². The molecule has 0 aliphatic heterocycles. The summed E-state index contributed by atoms with van der Waals surface area (Å²) in [5.41, 5.74) is 0.453. The monoisotopic (exact) mass is 207 g/mol. The maximum absolute atomic E-state index is 12.3. The second-order valence-corrected chi connectivity index (χ2v) is 3.48. The van der Waals surface area contributed by atoms with E-state index in [-0.39, 0.29) is 17.9 Å². The van der Waals surface area contributed by atoms with Gasteiger partial charge in [-0.1, -0.05) is 0 Å². The zero-order valence-corrected chi connectivity index (χ0v) is 9.33. The van der Waals surface area contributed by atoms with E-state index < -0.39 is 0 Å². The summed E-state index contributed by atoms with van der Waals surface area (Å²) in [7, 11) is 11.1. The molecule has 0 heterocycles. The van der Waals surface area contributed by atoms with Crippen LogP contribution in [0.5, 0.6) is 0 Å². The number of Topliss-reactive ketones (excluding diaryl/α,β-unsaturated/α-hetero) is 1. The molecule has 0 fully saturated rings. The molecule has 0 amide bonds. The Kier molecular flexibility index (Phi) is 6.63. The van der Waals surface area contributed by atoms with E-state index in [2.05, 4.69) is 0 Å². The van der Waals surface area contributed by atoms with Crippen LogP contribution >= 0.6 is 0 Å². The van der Waals surface area contributed by atoms with Gasteiger partial charge in [-0.2, -0.15) is 0 Å². The van der Waals surface area contributed by atoms with Crippen LogP contribution in [0.15, 0.2) is 24.3 Å². The van der Waals surface area contributed by atoms with E-state index in [4.69, 9.17) is 7.85 Å². The minimum absolute atomic E-state index is 0.0361. The fourth-order valence-corrected chi connectivity index (χ4v) is 0.754. The first kappa shape index (κ1) is 13.8. The van der Waals surface area contributed by atoms with Crippen molar-refractivity contribution >= 4 is 13.6 Å². The van der Waals surface area contributed by atoms with Crippen LogP contribution in [0.2, 0.25) is 6.32 Å². The van der Waals surface area contributed by atoms with Gasteiger partial charge >= 0.3 is 0 Å². The quantitative estimate of drug-likeness (QED) is 0.544. The van der Waals surface area contributed by atoms with Crippen molar-refractivity contribution in [2.24, 2.45) is 0 Å². The van der Waals surface area contributed by atoms with Crippen LogP contribution in [-0.2, 0) is 0 Å². The SMILES string of the molecule is CN(C)C.[B]CC(=O)c1ccc(F)cc1. The summed E-state index contributed by atoms with van der Waals surface area (Å²) in [4.78, 5) is 12.9. The molecule has 2 radical (unpaired) electrons. The van der Waals surface area contributed by atoms with Gasteiger partial charge in [0, 0.05) is 5.56 Å². The molecule has 0 unspecified atom stereocenters. The Hall–Kier alpha value is -1.16. The van der Waals surface area contributed by atoms with Gasteiger partial charge in [0.2, 0.25) is 0 Å². The van der Waals surface area contributed by atoms with Crippen LogP contribution in [-0.4, -0.2) is 39.7 Å². The van der Waals surface area contributed by atoms with Crippen molar-refractivity contribution in [3.8, 4) is 0 Å². The second-order valence-electron chi connectivity index (χ2n) is 3.48. The third kappa shape index (κ3) is 6.86. The highest BCUT2D eigenvalue weighted by atomic mass is 19.1. The highest BCUT2D eigenvalue weighted by Gasteiger charge is 2.00. The number of hydrogen-bond donors (Lipinski definition) is 0. The lowest BCUT2D eigenvalue weighted by molar-refractivity contribution is 0.101. The molecule has 0 N–H and O–H groups in total. The average molecular weight is 207 g/mol. The van der Waals surface area contributed by atoms with Gasteiger partial charge in [-0.05, 0) is 51.7 Å². The van der Waals surface area contributed by atoms with E-state index in [1.54, 1.807) is 0 Å². The molecule has 0 spiro atoms. The lowest BCUT2D eigenvalue weighted by atomic mass is 9.96. The number of ketones is 1. The topological polar surface area (TPSA) is 20.3 Å². The largest absolute Gasteiger partial charge is 0.312 e. The summed E-state index contributed by atoms with van der Waals surface area (Å²) in [5.74, 6) is -0.524. The fraction of sp³-hybridized carbons (Fsp3) is 0.364. The number of benzene rings is 1. The van der Waals surface area contributed by atoms with Crippen LogP contribution < -0.4 is 0 Å². The number of nitrogens with zero attached hydrogens (tertiary/aromatic N) is 1. The van der Waals surface area contributed by atoms with Crippen LogP contribution in [0.1, 0.15) is 10.4 Å². The molecule has 4 heteroatoms. The highest BCUT2D eigenvalue weighted by Crippen LogP contribution is 2.04. The summed E-state index contributed by atoms with van der Waals surface area (Å²) < 4.78 is 12.3. The van der Waals surface area contributed by atoms with Crippen molar-refractivity contribution in [2.45, 2.75) is 6.32 Å². The van der Waals surface area contributed by atoms with Crippen molar-refractivity contribution in [1.82, 2.24) is 4.90 Å². The van der Waals surface area contributed by atoms with Crippen molar-refractivity contribution in [3.63, 3.8) is 0 Å². The van der Waals surface area contributed by atoms with Gasteiger partial charge in [-0.3, -0.25) is 4.79 Å². The summed E-state index contributed by atoms with van der Waals surface area (Å²) in [6.45, 7) is 0. The second kappa shape index (κ2) is 7.18. The smallest absolute Gasteiger partial charge is 0.154 e. The van der Waals surface area contributed by atoms with E-state index in [1.807, 2.05) is 26.0 Å². The predicted molar refractivity (Wildman–Crippen MR) is 60.9 cm³/mol. The third-order valence-corrected chi connectivity index (χ3v) is 1.35. The van der Waals surface area contributed by atoms with E-state index in [0.717, 1.165) is 0 Å². The Morgan fingerprint density at radius 1 is 1.27 bits per heavy atom.